The first-order valence-corrected chi connectivity index (χ1v) is 6.02. The molecule has 2 N–H and O–H groups in total. The molecule has 0 atom stereocenters. The smallest absolute Gasteiger partial charge is 0.0684 e. The van der Waals surface area contributed by atoms with E-state index in [1.807, 2.05) is 19.0 Å². The average molecular weight is 241 g/mol. The van der Waals surface area contributed by atoms with Crippen molar-refractivity contribution in [3.63, 3.8) is 0 Å². The Morgan fingerprint density at radius 3 is 2.38 bits per heavy atom. The Hall–Kier alpha value is -0.730. The summed E-state index contributed by atoms with van der Waals surface area (Å²) in [5.74, 6) is 0.641. The fraction of sp³-hybridized carbons (Fsp3) is 0.538. The van der Waals surface area contributed by atoms with Crippen molar-refractivity contribution in [3.05, 3.63) is 28.3 Å². The van der Waals surface area contributed by atoms with E-state index in [2.05, 4.69) is 26.0 Å². The van der Waals surface area contributed by atoms with Gasteiger partial charge in [0, 0.05) is 20.6 Å². The Morgan fingerprint density at radius 2 is 1.94 bits per heavy atom. The van der Waals surface area contributed by atoms with Crippen LogP contribution in [0.3, 0.4) is 0 Å². The van der Waals surface area contributed by atoms with E-state index in [1.54, 1.807) is 0 Å². The van der Waals surface area contributed by atoms with E-state index in [9.17, 15) is 0 Å². The van der Waals surface area contributed by atoms with Crippen LogP contribution in [0.15, 0.2) is 12.1 Å². The quantitative estimate of drug-likeness (QED) is 0.877. The van der Waals surface area contributed by atoms with Crippen LogP contribution in [0, 0.1) is 5.92 Å². The summed E-state index contributed by atoms with van der Waals surface area (Å²) < 4.78 is 0. The van der Waals surface area contributed by atoms with E-state index >= 15 is 0 Å². The summed E-state index contributed by atoms with van der Waals surface area (Å²) in [7, 11) is 4.00. The molecule has 1 rings (SSSR count). The largest absolute Gasteiger partial charge is 0.376 e. The van der Waals surface area contributed by atoms with E-state index in [4.69, 9.17) is 17.3 Å². The van der Waals surface area contributed by atoms with Gasteiger partial charge in [0.2, 0.25) is 0 Å². The molecule has 16 heavy (non-hydrogen) atoms. The highest BCUT2D eigenvalue weighted by atomic mass is 35.5. The lowest BCUT2D eigenvalue weighted by Gasteiger charge is -2.19. The first-order valence-electron chi connectivity index (χ1n) is 5.64. The lowest BCUT2D eigenvalue weighted by Crippen LogP contribution is -2.12. The van der Waals surface area contributed by atoms with Crippen LogP contribution < -0.4 is 10.6 Å². The van der Waals surface area contributed by atoms with Crippen molar-refractivity contribution in [2.75, 3.05) is 19.0 Å². The molecule has 2 nitrogen and oxygen atoms in total. The van der Waals surface area contributed by atoms with E-state index in [1.165, 1.54) is 5.56 Å². The molecule has 90 valence electrons. The van der Waals surface area contributed by atoms with E-state index in [-0.39, 0.29) is 0 Å². The van der Waals surface area contributed by atoms with Gasteiger partial charge in [0.25, 0.3) is 0 Å². The van der Waals surface area contributed by atoms with Crippen LogP contribution in [0.4, 0.5) is 5.69 Å². The molecule has 3 heteroatoms. The van der Waals surface area contributed by atoms with Crippen molar-refractivity contribution in [1.82, 2.24) is 0 Å². The molecule has 0 fully saturated rings. The normalized spacial score (nSPS) is 10.9. The van der Waals surface area contributed by atoms with Gasteiger partial charge in [0.1, 0.15) is 0 Å². The zero-order valence-electron chi connectivity index (χ0n) is 10.5. The summed E-state index contributed by atoms with van der Waals surface area (Å²) in [5.41, 5.74) is 9.11. The van der Waals surface area contributed by atoms with Gasteiger partial charge in [-0.2, -0.15) is 0 Å². The Balaban J connectivity index is 3.17. The van der Waals surface area contributed by atoms with Crippen molar-refractivity contribution >= 4 is 17.3 Å². The van der Waals surface area contributed by atoms with Crippen LogP contribution in [0.5, 0.6) is 0 Å². The minimum absolute atomic E-state index is 0.492. The molecule has 0 saturated carbocycles. The zero-order chi connectivity index (χ0) is 12.3. The van der Waals surface area contributed by atoms with E-state index < -0.39 is 0 Å². The predicted octanol–water partition coefficient (Wildman–Crippen LogP) is 3.06. The SMILES string of the molecule is CC(C)Cc1cc(CN)c(Cl)c(N(C)C)c1. The number of hydrogen-bond acceptors (Lipinski definition) is 2. The standard InChI is InChI=1S/C13H21ClN2/c1-9(2)5-10-6-11(8-15)13(14)12(7-10)16(3)4/h6-7,9H,5,8,15H2,1-4H3. The van der Waals surface area contributed by atoms with Gasteiger partial charge in [-0.05, 0) is 29.5 Å². The molecule has 0 amide bonds. The molecule has 0 heterocycles. The summed E-state index contributed by atoms with van der Waals surface area (Å²) in [4.78, 5) is 2.03. The molecule has 0 aliphatic rings. The molecule has 0 unspecified atom stereocenters. The highest BCUT2D eigenvalue weighted by Crippen LogP contribution is 2.30. The van der Waals surface area contributed by atoms with Gasteiger partial charge in [-0.25, -0.2) is 0 Å². The van der Waals surface area contributed by atoms with Gasteiger partial charge < -0.3 is 10.6 Å². The fourth-order valence-electron chi connectivity index (χ4n) is 1.80. The maximum absolute atomic E-state index is 6.29. The topological polar surface area (TPSA) is 29.3 Å². The number of hydrogen-bond donors (Lipinski definition) is 1. The molecular formula is C13H21ClN2. The second-order valence-corrected chi connectivity index (χ2v) is 5.16. The Kier molecular flexibility index (Phi) is 4.63. The van der Waals surface area contributed by atoms with Crippen LogP contribution >= 0.6 is 11.6 Å². The number of anilines is 1. The highest BCUT2D eigenvalue weighted by Gasteiger charge is 2.10. The van der Waals surface area contributed by atoms with E-state index in [0.29, 0.717) is 12.5 Å². The third-order valence-electron chi connectivity index (χ3n) is 2.53. The molecular weight excluding hydrogens is 220 g/mol. The first-order chi connectivity index (χ1) is 7.45. The maximum atomic E-state index is 6.29. The Labute approximate surface area is 103 Å². The monoisotopic (exact) mass is 240 g/mol. The van der Waals surface area contributed by atoms with Crippen molar-refractivity contribution in [2.45, 2.75) is 26.8 Å². The highest BCUT2D eigenvalue weighted by molar-refractivity contribution is 6.34. The van der Waals surface area contributed by atoms with Crippen molar-refractivity contribution < 1.29 is 0 Å². The van der Waals surface area contributed by atoms with Gasteiger partial charge in [-0.3, -0.25) is 0 Å². The first kappa shape index (κ1) is 13.3. The summed E-state index contributed by atoms with van der Waals surface area (Å²) in [5, 5.41) is 0.778. The Morgan fingerprint density at radius 1 is 1.31 bits per heavy atom. The summed E-state index contributed by atoms with van der Waals surface area (Å²) in [6.45, 7) is 4.92. The third kappa shape index (κ3) is 3.13. The number of nitrogens with two attached hydrogens (primary N) is 1. The molecule has 0 spiro atoms. The van der Waals surface area contributed by atoms with Crippen molar-refractivity contribution in [2.24, 2.45) is 11.7 Å². The third-order valence-corrected chi connectivity index (χ3v) is 2.97. The number of nitrogens with zero attached hydrogens (tertiary/aromatic N) is 1. The average Bonchev–Trinajstić information content (AvgIpc) is 2.19. The van der Waals surface area contributed by atoms with Crippen LogP contribution in [0.2, 0.25) is 5.02 Å². The minimum atomic E-state index is 0.492. The molecule has 0 aliphatic carbocycles. The van der Waals surface area contributed by atoms with Gasteiger partial charge in [-0.15, -0.1) is 0 Å². The lowest BCUT2D eigenvalue weighted by atomic mass is 10.00. The number of rotatable bonds is 4. The van der Waals surface area contributed by atoms with Crippen LogP contribution in [-0.2, 0) is 13.0 Å². The molecule has 0 saturated heterocycles. The fourth-order valence-corrected chi connectivity index (χ4v) is 2.15. The summed E-state index contributed by atoms with van der Waals surface area (Å²) >= 11 is 6.29. The van der Waals surface area contributed by atoms with Gasteiger partial charge >= 0.3 is 0 Å². The molecule has 0 aliphatic heterocycles. The maximum Gasteiger partial charge on any atom is 0.0684 e. The summed E-state index contributed by atoms with van der Waals surface area (Å²) in [6.07, 6.45) is 1.06. The Bertz CT molecular complexity index is 359. The minimum Gasteiger partial charge on any atom is -0.376 e. The van der Waals surface area contributed by atoms with Gasteiger partial charge in [-0.1, -0.05) is 31.5 Å². The number of halogens is 1. The van der Waals surface area contributed by atoms with E-state index in [0.717, 1.165) is 22.7 Å². The van der Waals surface area contributed by atoms with Crippen LogP contribution in [-0.4, -0.2) is 14.1 Å². The number of benzene rings is 1. The summed E-state index contributed by atoms with van der Waals surface area (Å²) in [6, 6.07) is 4.27. The zero-order valence-corrected chi connectivity index (χ0v) is 11.3. The van der Waals surface area contributed by atoms with Crippen molar-refractivity contribution in [3.8, 4) is 0 Å². The molecule has 0 radical (unpaired) electrons. The second-order valence-electron chi connectivity index (χ2n) is 4.78. The predicted molar refractivity (Wildman–Crippen MR) is 72.2 cm³/mol. The molecule has 1 aromatic carbocycles. The molecule has 0 aromatic heterocycles. The second kappa shape index (κ2) is 5.55. The van der Waals surface area contributed by atoms with Gasteiger partial charge in [0.15, 0.2) is 0 Å². The van der Waals surface area contributed by atoms with Crippen LogP contribution in [0.1, 0.15) is 25.0 Å². The van der Waals surface area contributed by atoms with Crippen molar-refractivity contribution in [1.29, 1.82) is 0 Å². The van der Waals surface area contributed by atoms with Gasteiger partial charge in [0.05, 0.1) is 10.7 Å². The lowest BCUT2D eigenvalue weighted by molar-refractivity contribution is 0.646. The van der Waals surface area contributed by atoms with Crippen LogP contribution in [0.25, 0.3) is 0 Å². The molecule has 0 bridgehead atoms. The molecule has 1 aromatic rings.